The molecule has 3 nitrogen and oxygen atoms in total. The van der Waals surface area contributed by atoms with Gasteiger partial charge in [0.15, 0.2) is 0 Å². The number of esters is 1. The molecule has 0 spiro atoms. The average molecular weight is 339 g/mol. The molecule has 0 saturated heterocycles. The molecule has 0 heterocycles. The zero-order valence-corrected chi connectivity index (χ0v) is 16.1. The van der Waals surface area contributed by atoms with Crippen LogP contribution in [0.2, 0.25) is 0 Å². The largest absolute Gasteiger partial charge is 0.466 e. The Morgan fingerprint density at radius 2 is 1.71 bits per heavy atom. The Bertz CT molecular complexity index is 356. The van der Waals surface area contributed by atoms with Gasteiger partial charge in [-0.05, 0) is 39.5 Å². The molecule has 0 saturated carbocycles. The first-order valence-electron chi connectivity index (χ1n) is 9.74. The minimum absolute atomic E-state index is 0.0715. The molecular weight excluding hydrogens is 300 g/mol. The van der Waals surface area contributed by atoms with E-state index in [4.69, 9.17) is 4.74 Å². The molecule has 0 rings (SSSR count). The van der Waals surface area contributed by atoms with Crippen molar-refractivity contribution in [3.63, 3.8) is 0 Å². The SMILES string of the molecule is CCCCCC(C)(O)/C=C/C=C\CCCCCCCC(=O)OCC. The minimum atomic E-state index is -0.682. The van der Waals surface area contributed by atoms with E-state index in [1.165, 1.54) is 32.1 Å². The monoisotopic (exact) mass is 338 g/mol. The van der Waals surface area contributed by atoms with Crippen LogP contribution < -0.4 is 0 Å². The maximum Gasteiger partial charge on any atom is 0.305 e. The van der Waals surface area contributed by atoms with E-state index in [9.17, 15) is 9.90 Å². The van der Waals surface area contributed by atoms with Gasteiger partial charge < -0.3 is 9.84 Å². The lowest BCUT2D eigenvalue weighted by molar-refractivity contribution is -0.143. The summed E-state index contributed by atoms with van der Waals surface area (Å²) in [7, 11) is 0. The summed E-state index contributed by atoms with van der Waals surface area (Å²) in [5.74, 6) is -0.0715. The van der Waals surface area contributed by atoms with Crippen molar-refractivity contribution in [3.8, 4) is 0 Å². The predicted octanol–water partition coefficient (Wildman–Crippen LogP) is 5.72. The molecule has 0 aliphatic heterocycles. The smallest absolute Gasteiger partial charge is 0.305 e. The van der Waals surface area contributed by atoms with Crippen molar-refractivity contribution in [1.29, 1.82) is 0 Å². The lowest BCUT2D eigenvalue weighted by Crippen LogP contribution is -2.20. The zero-order valence-electron chi connectivity index (χ0n) is 16.1. The van der Waals surface area contributed by atoms with Crippen LogP contribution in [0.5, 0.6) is 0 Å². The van der Waals surface area contributed by atoms with Crippen molar-refractivity contribution in [2.24, 2.45) is 0 Å². The summed E-state index contributed by atoms with van der Waals surface area (Å²) in [6.45, 7) is 6.37. The van der Waals surface area contributed by atoms with Crippen molar-refractivity contribution in [1.82, 2.24) is 0 Å². The van der Waals surface area contributed by atoms with Gasteiger partial charge in [0.2, 0.25) is 0 Å². The van der Waals surface area contributed by atoms with Gasteiger partial charge in [-0.1, -0.05) is 69.8 Å². The van der Waals surface area contributed by atoms with Gasteiger partial charge in [-0.25, -0.2) is 0 Å². The first kappa shape index (κ1) is 22.9. The van der Waals surface area contributed by atoms with Crippen LogP contribution >= 0.6 is 0 Å². The fourth-order valence-electron chi connectivity index (χ4n) is 2.55. The predicted molar refractivity (Wildman–Crippen MR) is 102 cm³/mol. The normalized spacial score (nSPS) is 14.3. The van der Waals surface area contributed by atoms with Crippen molar-refractivity contribution in [2.45, 2.75) is 97.0 Å². The first-order chi connectivity index (χ1) is 11.5. The van der Waals surface area contributed by atoms with E-state index in [1.807, 2.05) is 32.1 Å². The molecule has 1 atom stereocenters. The maximum absolute atomic E-state index is 11.2. The number of allylic oxidation sites excluding steroid dienone is 3. The Labute approximate surface area is 149 Å². The van der Waals surface area contributed by atoms with E-state index < -0.39 is 5.60 Å². The topological polar surface area (TPSA) is 46.5 Å². The number of unbranched alkanes of at least 4 members (excludes halogenated alkanes) is 7. The maximum atomic E-state index is 11.2. The number of aliphatic hydroxyl groups is 1. The number of hydrogen-bond donors (Lipinski definition) is 1. The molecule has 0 aromatic heterocycles. The van der Waals surface area contributed by atoms with Crippen molar-refractivity contribution < 1.29 is 14.6 Å². The highest BCUT2D eigenvalue weighted by molar-refractivity contribution is 5.69. The van der Waals surface area contributed by atoms with Crippen LogP contribution in [-0.2, 0) is 9.53 Å². The third-order valence-corrected chi connectivity index (χ3v) is 4.05. The molecule has 1 N–H and O–H groups in total. The van der Waals surface area contributed by atoms with Crippen LogP contribution in [0.3, 0.4) is 0 Å². The average Bonchev–Trinajstić information content (AvgIpc) is 2.53. The Hall–Kier alpha value is -1.09. The number of ether oxygens (including phenoxy) is 1. The van der Waals surface area contributed by atoms with Gasteiger partial charge in [0.1, 0.15) is 0 Å². The zero-order chi connectivity index (χ0) is 18.1. The van der Waals surface area contributed by atoms with Crippen LogP contribution in [0, 0.1) is 0 Å². The molecule has 0 amide bonds. The minimum Gasteiger partial charge on any atom is -0.466 e. The van der Waals surface area contributed by atoms with Crippen LogP contribution in [0.1, 0.15) is 91.4 Å². The van der Waals surface area contributed by atoms with Crippen LogP contribution in [-0.4, -0.2) is 23.3 Å². The molecule has 0 bridgehead atoms. The second-order valence-electron chi connectivity index (χ2n) is 6.71. The van der Waals surface area contributed by atoms with Gasteiger partial charge in [0, 0.05) is 6.42 Å². The molecule has 0 aromatic carbocycles. The quantitative estimate of drug-likeness (QED) is 0.236. The van der Waals surface area contributed by atoms with E-state index in [-0.39, 0.29) is 5.97 Å². The number of carbonyl (C=O) groups excluding carboxylic acids is 1. The third-order valence-electron chi connectivity index (χ3n) is 4.05. The van der Waals surface area contributed by atoms with Gasteiger partial charge in [-0.3, -0.25) is 4.79 Å². The van der Waals surface area contributed by atoms with Gasteiger partial charge in [0.25, 0.3) is 0 Å². The lowest BCUT2D eigenvalue weighted by atomic mass is 9.98. The number of hydrogen-bond acceptors (Lipinski definition) is 3. The third kappa shape index (κ3) is 15.8. The molecule has 140 valence electrons. The molecule has 1 unspecified atom stereocenters. The second kappa shape index (κ2) is 15.4. The molecule has 3 heteroatoms. The highest BCUT2D eigenvalue weighted by atomic mass is 16.5. The highest BCUT2D eigenvalue weighted by Crippen LogP contribution is 2.16. The summed E-state index contributed by atoms with van der Waals surface area (Å²) in [5.41, 5.74) is -0.682. The first-order valence-corrected chi connectivity index (χ1v) is 9.74. The molecule has 0 fully saturated rings. The van der Waals surface area contributed by atoms with E-state index in [2.05, 4.69) is 13.0 Å². The van der Waals surface area contributed by atoms with Crippen LogP contribution in [0.25, 0.3) is 0 Å². The fraction of sp³-hybridized carbons (Fsp3) is 0.762. The van der Waals surface area contributed by atoms with Crippen molar-refractivity contribution in [3.05, 3.63) is 24.3 Å². The second-order valence-corrected chi connectivity index (χ2v) is 6.71. The lowest BCUT2D eigenvalue weighted by Gasteiger charge is -2.18. The van der Waals surface area contributed by atoms with Crippen LogP contribution in [0.15, 0.2) is 24.3 Å². The molecule has 0 aliphatic carbocycles. The summed E-state index contributed by atoms with van der Waals surface area (Å²) >= 11 is 0. The van der Waals surface area contributed by atoms with Gasteiger partial charge in [-0.15, -0.1) is 0 Å². The van der Waals surface area contributed by atoms with Crippen molar-refractivity contribution in [2.75, 3.05) is 6.61 Å². The van der Waals surface area contributed by atoms with Crippen LogP contribution in [0.4, 0.5) is 0 Å². The molecular formula is C21H38O3. The Balaban J connectivity index is 3.55. The fourth-order valence-corrected chi connectivity index (χ4v) is 2.55. The number of carbonyl (C=O) groups is 1. The standard InChI is InChI=1S/C21H38O3/c1-4-6-15-18-21(3,23)19-16-13-11-9-7-8-10-12-14-17-20(22)24-5-2/h11,13,16,19,23H,4-10,12,14-15,17-18H2,1-3H3/b13-11-,19-16+. The Morgan fingerprint density at radius 3 is 2.42 bits per heavy atom. The van der Waals surface area contributed by atoms with Gasteiger partial charge in [0.05, 0.1) is 12.2 Å². The number of rotatable bonds is 15. The molecule has 0 aliphatic rings. The van der Waals surface area contributed by atoms with E-state index >= 15 is 0 Å². The summed E-state index contributed by atoms with van der Waals surface area (Å²) < 4.78 is 4.90. The van der Waals surface area contributed by atoms with E-state index in [0.29, 0.717) is 13.0 Å². The summed E-state index contributed by atoms with van der Waals surface area (Å²) in [6, 6.07) is 0. The van der Waals surface area contributed by atoms with E-state index in [1.54, 1.807) is 0 Å². The molecule has 0 aromatic rings. The van der Waals surface area contributed by atoms with Gasteiger partial charge in [-0.2, -0.15) is 0 Å². The Kier molecular flexibility index (Phi) is 14.7. The molecule has 24 heavy (non-hydrogen) atoms. The summed E-state index contributed by atoms with van der Waals surface area (Å²) in [6.07, 6.45) is 19.5. The molecule has 0 radical (unpaired) electrons. The Morgan fingerprint density at radius 1 is 1.00 bits per heavy atom. The summed E-state index contributed by atoms with van der Waals surface area (Å²) in [5, 5.41) is 10.2. The van der Waals surface area contributed by atoms with Crippen molar-refractivity contribution >= 4 is 5.97 Å². The highest BCUT2D eigenvalue weighted by Gasteiger charge is 2.14. The van der Waals surface area contributed by atoms with Gasteiger partial charge >= 0.3 is 5.97 Å². The summed E-state index contributed by atoms with van der Waals surface area (Å²) in [4.78, 5) is 11.2. The van der Waals surface area contributed by atoms with E-state index in [0.717, 1.165) is 32.1 Å².